The molecule has 1 aliphatic rings. The van der Waals surface area contributed by atoms with Crippen molar-refractivity contribution in [2.45, 2.75) is 12.8 Å². The summed E-state index contributed by atoms with van der Waals surface area (Å²) in [4.78, 5) is 24.3. The molecule has 1 fully saturated rings. The van der Waals surface area contributed by atoms with Gasteiger partial charge in [-0.1, -0.05) is 0 Å². The van der Waals surface area contributed by atoms with E-state index in [1.54, 1.807) is 19.0 Å². The van der Waals surface area contributed by atoms with E-state index in [1.165, 1.54) is 16.7 Å². The number of nitrogens with one attached hydrogen (secondary N) is 1. The molecule has 0 bridgehead atoms. The van der Waals surface area contributed by atoms with Crippen LogP contribution in [0.15, 0.2) is 12.1 Å². The zero-order valence-electron chi connectivity index (χ0n) is 11.8. The molecular formula is C13H20N4O3. The highest BCUT2D eigenvalue weighted by atomic mass is 16.6. The predicted octanol–water partition coefficient (Wildman–Crippen LogP) is 1.00. The maximum Gasteiger partial charge on any atom is 0.323 e. The average Bonchev–Trinajstić information content (AvgIpc) is 2.81. The SMILES string of the molecule is CN(CC1CCCNC1)C(=O)c1ccc([N+](=O)[O-])n1C. The Balaban J connectivity index is 2.04. The minimum atomic E-state index is -0.484. The molecule has 1 saturated heterocycles. The zero-order chi connectivity index (χ0) is 14.7. The Hall–Kier alpha value is -1.89. The molecular weight excluding hydrogens is 260 g/mol. The molecule has 0 aromatic carbocycles. The fourth-order valence-electron chi connectivity index (χ4n) is 2.64. The fourth-order valence-corrected chi connectivity index (χ4v) is 2.64. The van der Waals surface area contributed by atoms with Crippen LogP contribution in [-0.2, 0) is 7.05 Å². The predicted molar refractivity (Wildman–Crippen MR) is 74.6 cm³/mol. The van der Waals surface area contributed by atoms with Gasteiger partial charge < -0.3 is 20.3 Å². The van der Waals surface area contributed by atoms with Gasteiger partial charge >= 0.3 is 5.82 Å². The van der Waals surface area contributed by atoms with E-state index in [0.717, 1.165) is 25.9 Å². The van der Waals surface area contributed by atoms with E-state index >= 15 is 0 Å². The summed E-state index contributed by atoms with van der Waals surface area (Å²) in [6.07, 6.45) is 2.24. The molecule has 1 N–H and O–H groups in total. The summed E-state index contributed by atoms with van der Waals surface area (Å²) >= 11 is 0. The van der Waals surface area contributed by atoms with E-state index in [4.69, 9.17) is 0 Å². The lowest BCUT2D eigenvalue weighted by Crippen LogP contribution is -2.39. The second-order valence-corrected chi connectivity index (χ2v) is 5.29. The van der Waals surface area contributed by atoms with Gasteiger partial charge in [0.25, 0.3) is 5.91 Å². The van der Waals surface area contributed by atoms with E-state index in [2.05, 4.69) is 5.32 Å². The number of nitro groups is 1. The van der Waals surface area contributed by atoms with Gasteiger partial charge in [0, 0.05) is 19.7 Å². The second kappa shape index (κ2) is 6.04. The van der Waals surface area contributed by atoms with Crippen LogP contribution in [-0.4, -0.2) is 47.0 Å². The van der Waals surface area contributed by atoms with Crippen LogP contribution in [0.5, 0.6) is 0 Å². The van der Waals surface area contributed by atoms with Crippen molar-refractivity contribution < 1.29 is 9.72 Å². The third kappa shape index (κ3) is 2.98. The summed E-state index contributed by atoms with van der Waals surface area (Å²) < 4.78 is 1.33. The van der Waals surface area contributed by atoms with Gasteiger partial charge in [0.05, 0.1) is 7.05 Å². The Morgan fingerprint density at radius 1 is 1.60 bits per heavy atom. The highest BCUT2D eigenvalue weighted by Crippen LogP contribution is 2.18. The summed E-state index contributed by atoms with van der Waals surface area (Å²) in [6, 6.07) is 2.87. The van der Waals surface area contributed by atoms with Crippen molar-refractivity contribution in [3.8, 4) is 0 Å². The highest BCUT2D eigenvalue weighted by Gasteiger charge is 2.25. The van der Waals surface area contributed by atoms with Crippen molar-refractivity contribution in [1.29, 1.82) is 0 Å². The van der Waals surface area contributed by atoms with Gasteiger partial charge in [0.15, 0.2) is 5.69 Å². The number of carbonyl (C=O) groups excluding carboxylic acids is 1. The van der Waals surface area contributed by atoms with E-state index in [9.17, 15) is 14.9 Å². The van der Waals surface area contributed by atoms with E-state index in [-0.39, 0.29) is 11.7 Å². The molecule has 1 atom stereocenters. The Morgan fingerprint density at radius 3 is 2.90 bits per heavy atom. The lowest BCUT2D eigenvalue weighted by atomic mass is 9.99. The maximum atomic E-state index is 12.3. The monoisotopic (exact) mass is 280 g/mol. The summed E-state index contributed by atoms with van der Waals surface area (Å²) in [5.74, 6) is 0.209. The summed E-state index contributed by atoms with van der Waals surface area (Å²) in [6.45, 7) is 2.63. The van der Waals surface area contributed by atoms with Crippen molar-refractivity contribution >= 4 is 11.7 Å². The molecule has 20 heavy (non-hydrogen) atoms. The largest absolute Gasteiger partial charge is 0.358 e. The number of rotatable bonds is 4. The summed E-state index contributed by atoms with van der Waals surface area (Å²) in [7, 11) is 3.29. The molecule has 0 spiro atoms. The lowest BCUT2D eigenvalue weighted by Gasteiger charge is -2.27. The first-order chi connectivity index (χ1) is 9.50. The molecule has 1 unspecified atom stereocenters. The van der Waals surface area contributed by atoms with Gasteiger partial charge in [-0.05, 0) is 42.8 Å². The standard InChI is InChI=1S/C13H20N4O3/c1-15(9-10-4-3-7-14-8-10)13(18)11-5-6-12(16(11)2)17(19)20/h5-6,10,14H,3-4,7-9H2,1-2H3. The summed E-state index contributed by atoms with van der Waals surface area (Å²) in [5, 5.41) is 14.1. The van der Waals surface area contributed by atoms with E-state index in [1.807, 2.05) is 0 Å². The van der Waals surface area contributed by atoms with Crippen LogP contribution < -0.4 is 5.32 Å². The van der Waals surface area contributed by atoms with Crippen LogP contribution in [0.1, 0.15) is 23.3 Å². The second-order valence-electron chi connectivity index (χ2n) is 5.29. The van der Waals surface area contributed by atoms with Crippen LogP contribution in [0.3, 0.4) is 0 Å². The van der Waals surface area contributed by atoms with Crippen molar-refractivity contribution in [1.82, 2.24) is 14.8 Å². The number of amides is 1. The van der Waals surface area contributed by atoms with Crippen LogP contribution in [0.4, 0.5) is 5.82 Å². The normalized spacial score (nSPS) is 18.8. The third-order valence-electron chi connectivity index (χ3n) is 3.78. The molecule has 0 saturated carbocycles. The molecule has 2 heterocycles. The zero-order valence-corrected chi connectivity index (χ0v) is 11.8. The molecule has 7 nitrogen and oxygen atoms in total. The molecule has 1 amide bonds. The smallest absolute Gasteiger partial charge is 0.323 e. The van der Waals surface area contributed by atoms with Crippen molar-refractivity contribution in [3.63, 3.8) is 0 Å². The maximum absolute atomic E-state index is 12.3. The number of carbonyl (C=O) groups is 1. The Labute approximate surface area is 117 Å². The first kappa shape index (κ1) is 14.5. The van der Waals surface area contributed by atoms with Gasteiger partial charge in [-0.15, -0.1) is 0 Å². The number of hydrogen-bond donors (Lipinski definition) is 1. The molecule has 110 valence electrons. The van der Waals surface area contributed by atoms with Crippen molar-refractivity contribution in [2.75, 3.05) is 26.7 Å². The molecule has 2 rings (SSSR count). The molecule has 1 aliphatic heterocycles. The quantitative estimate of drug-likeness (QED) is 0.659. The minimum Gasteiger partial charge on any atom is -0.358 e. The fraction of sp³-hybridized carbons (Fsp3) is 0.615. The number of nitrogens with zero attached hydrogens (tertiary/aromatic N) is 3. The third-order valence-corrected chi connectivity index (χ3v) is 3.78. The molecule has 1 aromatic heterocycles. The topological polar surface area (TPSA) is 80.4 Å². The Bertz CT molecular complexity index is 506. The van der Waals surface area contributed by atoms with Gasteiger partial charge in [-0.2, -0.15) is 0 Å². The average molecular weight is 280 g/mol. The van der Waals surface area contributed by atoms with Gasteiger partial charge in [0.2, 0.25) is 0 Å². The summed E-state index contributed by atoms with van der Waals surface area (Å²) in [5.41, 5.74) is 0.350. The molecule has 1 aromatic rings. The van der Waals surface area contributed by atoms with Crippen LogP contribution in [0.2, 0.25) is 0 Å². The van der Waals surface area contributed by atoms with Crippen molar-refractivity contribution in [3.05, 3.63) is 27.9 Å². The first-order valence-corrected chi connectivity index (χ1v) is 6.77. The van der Waals surface area contributed by atoms with Gasteiger partial charge in [-0.25, -0.2) is 4.57 Å². The number of aromatic nitrogens is 1. The van der Waals surface area contributed by atoms with Crippen molar-refractivity contribution in [2.24, 2.45) is 13.0 Å². The lowest BCUT2D eigenvalue weighted by molar-refractivity contribution is -0.391. The number of hydrogen-bond acceptors (Lipinski definition) is 4. The molecule has 0 radical (unpaired) electrons. The molecule has 7 heteroatoms. The van der Waals surface area contributed by atoms with Gasteiger partial charge in [0.1, 0.15) is 0 Å². The van der Waals surface area contributed by atoms with E-state index < -0.39 is 4.92 Å². The minimum absolute atomic E-state index is 0.0684. The Kier molecular flexibility index (Phi) is 4.39. The molecule has 0 aliphatic carbocycles. The highest BCUT2D eigenvalue weighted by molar-refractivity contribution is 5.93. The van der Waals surface area contributed by atoms with Crippen LogP contribution >= 0.6 is 0 Å². The number of piperidine rings is 1. The van der Waals surface area contributed by atoms with Crippen LogP contribution in [0, 0.1) is 16.0 Å². The van der Waals surface area contributed by atoms with E-state index in [0.29, 0.717) is 18.2 Å². The Morgan fingerprint density at radius 2 is 2.35 bits per heavy atom. The van der Waals surface area contributed by atoms with Crippen LogP contribution in [0.25, 0.3) is 0 Å². The first-order valence-electron chi connectivity index (χ1n) is 6.77. The van der Waals surface area contributed by atoms with Gasteiger partial charge in [-0.3, -0.25) is 4.79 Å².